The number of carbonyl (C=O) groups is 1. The highest BCUT2D eigenvalue weighted by atomic mass is 19.4. The summed E-state index contributed by atoms with van der Waals surface area (Å²) in [7, 11) is 0. The Balaban J connectivity index is 1.81. The first kappa shape index (κ1) is 19.5. The molecule has 0 saturated heterocycles. The Kier molecular flexibility index (Phi) is 5.40. The van der Waals surface area contributed by atoms with Crippen LogP contribution in [0.1, 0.15) is 10.4 Å². The summed E-state index contributed by atoms with van der Waals surface area (Å²) in [5, 5.41) is 17.5. The van der Waals surface area contributed by atoms with E-state index in [2.05, 4.69) is 20.6 Å². The minimum Gasteiger partial charge on any atom is -0.489 e. The number of fused-ring (bicyclic) bond motifs is 1. The second-order valence-electron chi connectivity index (χ2n) is 5.97. The first-order chi connectivity index (χ1) is 13.2. The minimum absolute atomic E-state index is 0.0378. The van der Waals surface area contributed by atoms with Gasteiger partial charge in [0.2, 0.25) is 5.95 Å². The van der Waals surface area contributed by atoms with E-state index in [0.717, 1.165) is 6.20 Å². The van der Waals surface area contributed by atoms with E-state index >= 15 is 0 Å². The number of anilines is 4. The zero-order valence-corrected chi connectivity index (χ0v) is 14.4. The van der Waals surface area contributed by atoms with Crippen molar-refractivity contribution in [3.63, 3.8) is 0 Å². The van der Waals surface area contributed by atoms with Crippen molar-refractivity contribution in [2.45, 2.75) is 12.3 Å². The zero-order valence-electron chi connectivity index (χ0n) is 14.4. The molecule has 1 atom stereocenters. The van der Waals surface area contributed by atoms with Gasteiger partial charge in [-0.15, -0.1) is 0 Å². The molecule has 2 aromatic rings. The van der Waals surface area contributed by atoms with Gasteiger partial charge in [-0.05, 0) is 18.2 Å². The maximum Gasteiger partial charge on any atom is 0.405 e. The third-order valence-electron chi connectivity index (χ3n) is 3.71. The summed E-state index contributed by atoms with van der Waals surface area (Å²) in [5.74, 6) is -0.786. The number of nitrogens with zero attached hydrogens (tertiary/aromatic N) is 2. The smallest absolute Gasteiger partial charge is 0.405 e. The lowest BCUT2D eigenvalue weighted by Crippen LogP contribution is -2.24. The molecule has 1 unspecified atom stereocenters. The molecule has 150 valence electrons. The molecule has 0 spiro atoms. The molecule has 1 aliphatic heterocycles. The van der Waals surface area contributed by atoms with Crippen LogP contribution in [0.15, 0.2) is 24.4 Å². The molecule has 1 aromatic heterocycles. The van der Waals surface area contributed by atoms with Gasteiger partial charge in [0.1, 0.15) is 30.8 Å². The molecular formula is C16H17F3N6O3. The fourth-order valence-corrected chi connectivity index (χ4v) is 2.41. The molecule has 0 aliphatic carbocycles. The number of hydrogen-bond donors (Lipinski definition) is 5. The van der Waals surface area contributed by atoms with E-state index < -0.39 is 24.7 Å². The number of carbonyl (C=O) groups excluding carboxylic acids is 1. The Morgan fingerprint density at radius 1 is 1.43 bits per heavy atom. The van der Waals surface area contributed by atoms with Crippen LogP contribution >= 0.6 is 0 Å². The number of ether oxygens (including phenoxy) is 1. The predicted molar refractivity (Wildman–Crippen MR) is 94.8 cm³/mol. The summed E-state index contributed by atoms with van der Waals surface area (Å²) in [5.41, 5.74) is 6.02. The van der Waals surface area contributed by atoms with Crippen molar-refractivity contribution >= 4 is 29.0 Å². The van der Waals surface area contributed by atoms with Crippen LogP contribution in [0.3, 0.4) is 0 Å². The van der Waals surface area contributed by atoms with Crippen LogP contribution in [0.4, 0.5) is 36.3 Å². The topological polar surface area (TPSA) is 134 Å². The van der Waals surface area contributed by atoms with Crippen molar-refractivity contribution in [1.29, 1.82) is 0 Å². The van der Waals surface area contributed by atoms with Crippen LogP contribution < -0.4 is 26.4 Å². The van der Waals surface area contributed by atoms with E-state index in [4.69, 9.17) is 10.5 Å². The zero-order chi connectivity index (χ0) is 20.3. The maximum absolute atomic E-state index is 12.5. The lowest BCUT2D eigenvalue weighted by molar-refractivity contribution is -0.115. The van der Waals surface area contributed by atoms with Crippen LogP contribution in [0.2, 0.25) is 0 Å². The number of amides is 1. The molecule has 6 N–H and O–H groups in total. The highest BCUT2D eigenvalue weighted by Gasteiger charge is 2.28. The van der Waals surface area contributed by atoms with Gasteiger partial charge in [0.05, 0.1) is 11.3 Å². The number of nitrogens with one attached hydrogen (secondary N) is 3. The van der Waals surface area contributed by atoms with E-state index in [0.29, 0.717) is 23.7 Å². The lowest BCUT2D eigenvalue weighted by atomic mass is 10.2. The summed E-state index contributed by atoms with van der Waals surface area (Å²) in [6, 6.07) is 4.97. The molecule has 9 nitrogen and oxygen atoms in total. The Labute approximate surface area is 157 Å². The Morgan fingerprint density at radius 3 is 2.93 bits per heavy atom. The van der Waals surface area contributed by atoms with Gasteiger partial charge in [-0.3, -0.25) is 4.79 Å². The number of nitrogens with two attached hydrogens (primary N) is 1. The number of aliphatic hydroxyl groups excluding tert-OH is 1. The molecule has 12 heteroatoms. The van der Waals surface area contributed by atoms with Crippen LogP contribution in [0, 0.1) is 0 Å². The van der Waals surface area contributed by atoms with Crippen molar-refractivity contribution in [2.75, 3.05) is 35.6 Å². The van der Waals surface area contributed by atoms with Crippen LogP contribution in [0.25, 0.3) is 0 Å². The molecule has 0 saturated carbocycles. The summed E-state index contributed by atoms with van der Waals surface area (Å²) in [6.07, 6.45) is -4.12. The van der Waals surface area contributed by atoms with Crippen LogP contribution in [-0.2, 0) is 0 Å². The third kappa shape index (κ3) is 4.91. The van der Waals surface area contributed by atoms with Crippen molar-refractivity contribution < 1.29 is 27.8 Å². The van der Waals surface area contributed by atoms with E-state index in [-0.39, 0.29) is 23.9 Å². The van der Waals surface area contributed by atoms with Gasteiger partial charge >= 0.3 is 6.18 Å². The van der Waals surface area contributed by atoms with Gasteiger partial charge < -0.3 is 31.5 Å². The van der Waals surface area contributed by atoms with E-state index in [1.54, 1.807) is 18.2 Å². The van der Waals surface area contributed by atoms with Gasteiger partial charge in [0, 0.05) is 18.4 Å². The number of benzene rings is 1. The second-order valence-corrected chi connectivity index (χ2v) is 5.97. The van der Waals surface area contributed by atoms with E-state index in [1.165, 1.54) is 0 Å². The average Bonchev–Trinajstić information content (AvgIpc) is 2.81. The molecule has 0 bridgehead atoms. The van der Waals surface area contributed by atoms with Gasteiger partial charge in [0.15, 0.2) is 0 Å². The van der Waals surface area contributed by atoms with E-state index in [9.17, 15) is 23.1 Å². The number of hydrogen-bond acceptors (Lipinski definition) is 8. The van der Waals surface area contributed by atoms with Gasteiger partial charge in [-0.2, -0.15) is 18.2 Å². The number of halogens is 3. The standard InChI is InChI=1S/C16H17F3N6O3/c17-16(18,19)7-23-14-10(13(20)27)5-22-15(25-14)24-8-1-2-12-11(3-8)21-4-9(26)6-28-12/h1-3,5,9,21,26H,4,6-7H2,(H2,20,27)(H2,22,23,24,25). The highest BCUT2D eigenvalue weighted by molar-refractivity contribution is 5.97. The number of primary amides is 1. The number of aliphatic hydroxyl groups is 1. The fourth-order valence-electron chi connectivity index (χ4n) is 2.41. The monoisotopic (exact) mass is 398 g/mol. The molecule has 1 aliphatic rings. The minimum atomic E-state index is -4.50. The molecule has 0 fully saturated rings. The first-order valence-electron chi connectivity index (χ1n) is 8.14. The quantitative estimate of drug-likeness (QED) is 0.511. The highest BCUT2D eigenvalue weighted by Crippen LogP contribution is 2.31. The van der Waals surface area contributed by atoms with Gasteiger partial charge in [-0.25, -0.2) is 4.98 Å². The number of aromatic nitrogens is 2. The van der Waals surface area contributed by atoms with Crippen molar-refractivity contribution in [3.05, 3.63) is 30.0 Å². The molecule has 1 amide bonds. The number of β-amino-alcohol motifs (C(OH)–C–C–N with tert-alkyl or cyclic N) is 1. The second kappa shape index (κ2) is 7.76. The molecule has 0 radical (unpaired) electrons. The SMILES string of the molecule is NC(=O)c1cnc(Nc2ccc3c(c2)NCC(O)CO3)nc1NCC(F)(F)F. The predicted octanol–water partition coefficient (Wildman–Crippen LogP) is 1.46. The molecule has 1 aromatic carbocycles. The Bertz CT molecular complexity index is 877. The molecule has 2 heterocycles. The van der Waals surface area contributed by atoms with Crippen LogP contribution in [0.5, 0.6) is 5.75 Å². The summed E-state index contributed by atoms with van der Waals surface area (Å²) in [6.45, 7) is -0.934. The van der Waals surface area contributed by atoms with E-state index in [1.807, 2.05) is 5.32 Å². The average molecular weight is 398 g/mol. The maximum atomic E-state index is 12.5. The van der Waals surface area contributed by atoms with Crippen molar-refractivity contribution in [2.24, 2.45) is 5.73 Å². The number of alkyl halides is 3. The molecule has 28 heavy (non-hydrogen) atoms. The normalized spacial score (nSPS) is 16.2. The summed E-state index contributed by atoms with van der Waals surface area (Å²) in [4.78, 5) is 19.2. The summed E-state index contributed by atoms with van der Waals surface area (Å²) >= 11 is 0. The van der Waals surface area contributed by atoms with Gasteiger partial charge in [-0.1, -0.05) is 0 Å². The van der Waals surface area contributed by atoms with Crippen LogP contribution in [-0.4, -0.2) is 53.0 Å². The van der Waals surface area contributed by atoms with Crippen molar-refractivity contribution in [1.82, 2.24) is 9.97 Å². The largest absolute Gasteiger partial charge is 0.489 e. The first-order valence-corrected chi connectivity index (χ1v) is 8.14. The molecule has 3 rings (SSSR count). The number of rotatable bonds is 5. The Morgan fingerprint density at radius 2 is 2.21 bits per heavy atom. The third-order valence-corrected chi connectivity index (χ3v) is 3.71. The molecular weight excluding hydrogens is 381 g/mol. The Hall–Kier alpha value is -3.28. The van der Waals surface area contributed by atoms with Crippen molar-refractivity contribution in [3.8, 4) is 5.75 Å². The summed E-state index contributed by atoms with van der Waals surface area (Å²) < 4.78 is 42.9. The lowest BCUT2D eigenvalue weighted by Gasteiger charge is -2.14. The fraction of sp³-hybridized carbons (Fsp3) is 0.312. The van der Waals surface area contributed by atoms with Gasteiger partial charge in [0.25, 0.3) is 5.91 Å².